The van der Waals surface area contributed by atoms with Gasteiger partial charge in [-0.1, -0.05) is 0 Å². The van der Waals surface area contributed by atoms with E-state index in [9.17, 15) is 0 Å². The summed E-state index contributed by atoms with van der Waals surface area (Å²) >= 11 is 4.39. The van der Waals surface area contributed by atoms with Crippen LogP contribution in [0.3, 0.4) is 0 Å². The Morgan fingerprint density at radius 1 is 1.00 bits per heavy atom. The molecule has 3 heteroatoms. The SMILES string of the molecule is CSCC[Te]CCSC. The van der Waals surface area contributed by atoms with Gasteiger partial charge in [-0.3, -0.25) is 0 Å². The van der Waals surface area contributed by atoms with E-state index in [0.29, 0.717) is 20.9 Å². The first-order chi connectivity index (χ1) is 4.41. The van der Waals surface area contributed by atoms with E-state index in [1.165, 1.54) is 20.4 Å². The molecule has 0 saturated carbocycles. The average molecular weight is 278 g/mol. The van der Waals surface area contributed by atoms with E-state index in [1.54, 1.807) is 0 Å². The van der Waals surface area contributed by atoms with E-state index in [2.05, 4.69) is 12.5 Å². The van der Waals surface area contributed by atoms with Crippen molar-refractivity contribution in [1.29, 1.82) is 0 Å². The first kappa shape index (κ1) is 10.5. The van der Waals surface area contributed by atoms with Gasteiger partial charge in [0.25, 0.3) is 0 Å². The molecule has 9 heavy (non-hydrogen) atoms. The molecule has 0 bridgehead atoms. The van der Waals surface area contributed by atoms with Gasteiger partial charge in [-0.25, -0.2) is 0 Å². The van der Waals surface area contributed by atoms with Gasteiger partial charge in [-0.15, -0.1) is 0 Å². The summed E-state index contributed by atoms with van der Waals surface area (Å²) in [6.07, 6.45) is 4.39. The number of rotatable bonds is 6. The molecule has 56 valence electrons. The van der Waals surface area contributed by atoms with Crippen molar-refractivity contribution in [2.75, 3.05) is 24.0 Å². The zero-order valence-electron chi connectivity index (χ0n) is 6.05. The molecular weight excluding hydrogens is 264 g/mol. The van der Waals surface area contributed by atoms with Crippen molar-refractivity contribution in [1.82, 2.24) is 0 Å². The minimum atomic E-state index is 0.416. The Balaban J connectivity index is 2.60. The fourth-order valence-corrected chi connectivity index (χ4v) is 6.41. The molecule has 0 fully saturated rings. The molecule has 0 rings (SSSR count). The summed E-state index contributed by atoms with van der Waals surface area (Å²) in [4.78, 5) is 0. The van der Waals surface area contributed by atoms with Gasteiger partial charge < -0.3 is 0 Å². The van der Waals surface area contributed by atoms with Crippen LogP contribution in [0.2, 0.25) is 8.94 Å². The van der Waals surface area contributed by atoms with Crippen LogP contribution in [-0.2, 0) is 0 Å². The van der Waals surface area contributed by atoms with Gasteiger partial charge in [0.1, 0.15) is 0 Å². The topological polar surface area (TPSA) is 0 Å². The molecule has 0 atom stereocenters. The van der Waals surface area contributed by atoms with Crippen LogP contribution in [0.1, 0.15) is 0 Å². The summed E-state index contributed by atoms with van der Waals surface area (Å²) in [6, 6.07) is 0. The van der Waals surface area contributed by atoms with Crippen LogP contribution < -0.4 is 0 Å². The van der Waals surface area contributed by atoms with Crippen LogP contribution in [0.5, 0.6) is 0 Å². The molecule has 0 nitrogen and oxygen atoms in total. The van der Waals surface area contributed by atoms with Crippen LogP contribution in [0.25, 0.3) is 0 Å². The van der Waals surface area contributed by atoms with Gasteiger partial charge in [0.2, 0.25) is 0 Å². The molecule has 0 aliphatic heterocycles. The van der Waals surface area contributed by atoms with Gasteiger partial charge in [0, 0.05) is 0 Å². The Bertz CT molecular complexity index is 44.3. The van der Waals surface area contributed by atoms with Gasteiger partial charge in [0.05, 0.1) is 0 Å². The first-order valence-corrected chi connectivity index (χ1v) is 9.05. The molecule has 0 amide bonds. The van der Waals surface area contributed by atoms with Gasteiger partial charge in [0.15, 0.2) is 0 Å². The van der Waals surface area contributed by atoms with Crippen molar-refractivity contribution in [3.05, 3.63) is 0 Å². The fraction of sp³-hybridized carbons (Fsp3) is 1.00. The van der Waals surface area contributed by atoms with Crippen molar-refractivity contribution >= 4 is 44.4 Å². The van der Waals surface area contributed by atoms with Crippen molar-refractivity contribution in [3.63, 3.8) is 0 Å². The molecule has 0 spiro atoms. The monoisotopic (exact) mass is 280 g/mol. The van der Waals surface area contributed by atoms with E-state index in [1.807, 2.05) is 23.5 Å². The zero-order valence-corrected chi connectivity index (χ0v) is 10.0. The maximum absolute atomic E-state index is 2.20. The van der Waals surface area contributed by atoms with Crippen molar-refractivity contribution in [2.45, 2.75) is 8.94 Å². The van der Waals surface area contributed by atoms with Crippen LogP contribution >= 0.6 is 23.5 Å². The molecule has 0 unspecified atom stereocenters. The van der Waals surface area contributed by atoms with Crippen LogP contribution in [0.15, 0.2) is 0 Å². The maximum atomic E-state index is 2.20. The second kappa shape index (κ2) is 9.49. The third-order valence-corrected chi connectivity index (χ3v) is 6.52. The summed E-state index contributed by atoms with van der Waals surface area (Å²) in [7, 11) is 0. The van der Waals surface area contributed by atoms with E-state index in [-0.39, 0.29) is 0 Å². The number of hydrogen-bond acceptors (Lipinski definition) is 2. The summed E-state index contributed by atoms with van der Waals surface area (Å²) in [5.74, 6) is 2.80. The molecule has 0 heterocycles. The van der Waals surface area contributed by atoms with E-state index < -0.39 is 0 Å². The zero-order chi connectivity index (χ0) is 6.95. The number of hydrogen-bond donors (Lipinski definition) is 0. The molecule has 0 aromatic heterocycles. The first-order valence-electron chi connectivity index (χ1n) is 2.97. The molecular formula is C6H14S2Te. The fourth-order valence-electron chi connectivity index (χ4n) is 0.387. The second-order valence-electron chi connectivity index (χ2n) is 1.60. The summed E-state index contributed by atoms with van der Waals surface area (Å²) in [6.45, 7) is 0. The van der Waals surface area contributed by atoms with Crippen molar-refractivity contribution < 1.29 is 0 Å². The molecule has 0 aromatic rings. The van der Waals surface area contributed by atoms with E-state index in [4.69, 9.17) is 0 Å². The standard InChI is InChI=1S/C6H14S2Te/c1-7-3-5-9-6-4-8-2/h3-6H2,1-2H3. The van der Waals surface area contributed by atoms with Crippen molar-refractivity contribution in [3.8, 4) is 0 Å². The third-order valence-electron chi connectivity index (χ3n) is 0.864. The molecule has 0 saturated heterocycles. The minimum absolute atomic E-state index is 0.416. The second-order valence-corrected chi connectivity index (χ2v) is 7.06. The van der Waals surface area contributed by atoms with E-state index in [0.717, 1.165) is 0 Å². The van der Waals surface area contributed by atoms with Gasteiger partial charge in [-0.2, -0.15) is 0 Å². The Kier molecular flexibility index (Phi) is 11.1. The Morgan fingerprint density at radius 3 is 1.78 bits per heavy atom. The number of thioether (sulfide) groups is 2. The Labute approximate surface area is 77.0 Å². The average Bonchev–Trinajstić information content (AvgIpc) is 1.89. The molecule has 0 aliphatic rings. The van der Waals surface area contributed by atoms with E-state index >= 15 is 0 Å². The summed E-state index contributed by atoms with van der Waals surface area (Å²) in [5, 5.41) is 0. The molecule has 0 N–H and O–H groups in total. The summed E-state index contributed by atoms with van der Waals surface area (Å²) in [5.41, 5.74) is 0. The van der Waals surface area contributed by atoms with Crippen molar-refractivity contribution in [2.24, 2.45) is 0 Å². The predicted molar refractivity (Wildman–Crippen MR) is 52.1 cm³/mol. The molecule has 0 aromatic carbocycles. The van der Waals surface area contributed by atoms with Crippen LogP contribution in [0.4, 0.5) is 0 Å². The van der Waals surface area contributed by atoms with Crippen LogP contribution in [-0.4, -0.2) is 44.9 Å². The summed E-state index contributed by atoms with van der Waals surface area (Å²) < 4.78 is 3.07. The normalized spacial score (nSPS) is 10.0. The molecule has 0 aliphatic carbocycles. The quantitative estimate of drug-likeness (QED) is 0.540. The van der Waals surface area contributed by atoms with Crippen LogP contribution in [0, 0.1) is 0 Å². The Morgan fingerprint density at radius 2 is 1.44 bits per heavy atom. The predicted octanol–water partition coefficient (Wildman–Crippen LogP) is 2.25. The third kappa shape index (κ3) is 9.49. The van der Waals surface area contributed by atoms with Gasteiger partial charge >= 0.3 is 77.4 Å². The van der Waals surface area contributed by atoms with Gasteiger partial charge in [-0.05, 0) is 0 Å². The Hall–Kier alpha value is 1.49. The molecule has 0 radical (unpaired) electrons.